The Morgan fingerprint density at radius 3 is 3.00 bits per heavy atom. The van der Waals surface area contributed by atoms with Crippen molar-refractivity contribution in [2.45, 2.75) is 5.50 Å². The van der Waals surface area contributed by atoms with Gasteiger partial charge in [-0.3, -0.25) is 9.69 Å². The summed E-state index contributed by atoms with van der Waals surface area (Å²) in [7, 11) is 0. The van der Waals surface area contributed by atoms with Gasteiger partial charge in [-0.15, -0.1) is 0 Å². The lowest BCUT2D eigenvalue weighted by atomic mass is 10.5. The number of alkyl halides is 1. The van der Waals surface area contributed by atoms with Crippen LogP contribution in [-0.2, 0) is 4.79 Å². The van der Waals surface area contributed by atoms with Crippen LogP contribution in [0.5, 0.6) is 0 Å². The van der Waals surface area contributed by atoms with Crippen molar-refractivity contribution in [2.24, 2.45) is 4.99 Å². The second kappa shape index (κ2) is 3.03. The number of nitrogens with zero attached hydrogens (tertiary/aromatic N) is 2. The number of carbonyl (C=O) groups excluding carboxylic acids is 1. The standard InChI is InChI=1S/C5H4Cl2N2O/c6-4-2-9(3-10)5(7)1-8-4/h1-3,5H. The number of halogens is 2. The summed E-state index contributed by atoms with van der Waals surface area (Å²) >= 11 is 11.0. The molecule has 1 amide bonds. The molecule has 0 bridgehead atoms. The molecular weight excluding hydrogens is 175 g/mol. The first-order chi connectivity index (χ1) is 4.74. The van der Waals surface area contributed by atoms with E-state index in [2.05, 4.69) is 4.99 Å². The van der Waals surface area contributed by atoms with Crippen LogP contribution in [-0.4, -0.2) is 23.0 Å². The molecule has 10 heavy (non-hydrogen) atoms. The summed E-state index contributed by atoms with van der Waals surface area (Å²) in [5.41, 5.74) is -0.514. The largest absolute Gasteiger partial charge is 0.296 e. The first kappa shape index (κ1) is 7.57. The Hall–Kier alpha value is -0.540. The van der Waals surface area contributed by atoms with E-state index in [-0.39, 0.29) is 5.16 Å². The molecule has 1 aliphatic heterocycles. The molecule has 1 aliphatic rings. The first-order valence-electron chi connectivity index (χ1n) is 2.52. The fraction of sp³-hybridized carbons (Fsp3) is 0.200. The molecule has 1 unspecified atom stereocenters. The maximum absolute atomic E-state index is 10.2. The minimum absolute atomic E-state index is 0.254. The summed E-state index contributed by atoms with van der Waals surface area (Å²) in [6.45, 7) is 0. The van der Waals surface area contributed by atoms with Gasteiger partial charge in [0.1, 0.15) is 10.7 Å². The SMILES string of the molecule is O=CN1C=C(Cl)N=CC1Cl. The molecule has 0 spiro atoms. The van der Waals surface area contributed by atoms with Crippen molar-refractivity contribution in [1.82, 2.24) is 4.90 Å². The third-order valence-corrected chi connectivity index (χ3v) is 1.52. The van der Waals surface area contributed by atoms with E-state index in [1.807, 2.05) is 0 Å². The highest BCUT2D eigenvalue weighted by Crippen LogP contribution is 2.13. The van der Waals surface area contributed by atoms with Crippen molar-refractivity contribution in [3.8, 4) is 0 Å². The molecule has 0 aromatic carbocycles. The van der Waals surface area contributed by atoms with E-state index in [1.54, 1.807) is 0 Å². The van der Waals surface area contributed by atoms with Gasteiger partial charge in [0.15, 0.2) is 0 Å². The second-order valence-corrected chi connectivity index (χ2v) is 2.49. The first-order valence-corrected chi connectivity index (χ1v) is 3.34. The van der Waals surface area contributed by atoms with E-state index < -0.39 is 5.50 Å². The van der Waals surface area contributed by atoms with Crippen molar-refractivity contribution >= 4 is 35.8 Å². The van der Waals surface area contributed by atoms with Gasteiger partial charge in [-0.1, -0.05) is 23.2 Å². The van der Waals surface area contributed by atoms with Crippen LogP contribution in [0.25, 0.3) is 0 Å². The van der Waals surface area contributed by atoms with Gasteiger partial charge < -0.3 is 0 Å². The van der Waals surface area contributed by atoms with E-state index in [0.717, 1.165) is 0 Å². The lowest BCUT2D eigenvalue weighted by molar-refractivity contribution is -0.115. The quantitative estimate of drug-likeness (QED) is 0.337. The third-order valence-electron chi connectivity index (χ3n) is 0.983. The Morgan fingerprint density at radius 1 is 1.80 bits per heavy atom. The highest BCUT2D eigenvalue weighted by atomic mass is 35.5. The number of hydrogen-bond donors (Lipinski definition) is 0. The van der Waals surface area contributed by atoms with Crippen LogP contribution < -0.4 is 0 Å². The molecule has 0 fully saturated rings. The van der Waals surface area contributed by atoms with Crippen LogP contribution in [0.4, 0.5) is 0 Å². The predicted molar refractivity (Wildman–Crippen MR) is 40.0 cm³/mol. The lowest BCUT2D eigenvalue weighted by Gasteiger charge is -2.17. The van der Waals surface area contributed by atoms with Crippen molar-refractivity contribution in [3.63, 3.8) is 0 Å². The maximum Gasteiger partial charge on any atom is 0.215 e. The molecule has 0 radical (unpaired) electrons. The Morgan fingerprint density at radius 2 is 2.50 bits per heavy atom. The minimum atomic E-state index is -0.514. The molecule has 1 atom stereocenters. The molecule has 3 nitrogen and oxygen atoms in total. The number of rotatable bonds is 1. The molecule has 0 N–H and O–H groups in total. The van der Waals surface area contributed by atoms with Crippen molar-refractivity contribution in [3.05, 3.63) is 11.4 Å². The molecule has 54 valence electrons. The van der Waals surface area contributed by atoms with Crippen molar-refractivity contribution in [1.29, 1.82) is 0 Å². The van der Waals surface area contributed by atoms with Crippen LogP contribution >= 0.6 is 23.2 Å². The van der Waals surface area contributed by atoms with Gasteiger partial charge in [-0.05, 0) is 0 Å². The maximum atomic E-state index is 10.2. The summed E-state index contributed by atoms with van der Waals surface area (Å²) in [4.78, 5) is 15.1. The molecule has 0 saturated carbocycles. The van der Waals surface area contributed by atoms with Gasteiger partial charge in [0.05, 0.1) is 0 Å². The average Bonchev–Trinajstić information content (AvgIpc) is 1.94. The zero-order valence-corrected chi connectivity index (χ0v) is 6.38. The predicted octanol–water partition coefficient (Wildman–Crippen LogP) is 1.13. The number of carbonyl (C=O) groups is 1. The number of hydrogen-bond acceptors (Lipinski definition) is 2. The van der Waals surface area contributed by atoms with Gasteiger partial charge >= 0.3 is 0 Å². The molecule has 1 rings (SSSR count). The van der Waals surface area contributed by atoms with Crippen LogP contribution in [0, 0.1) is 0 Å². The Balaban J connectivity index is 2.76. The van der Waals surface area contributed by atoms with Gasteiger partial charge in [0.25, 0.3) is 0 Å². The Kier molecular flexibility index (Phi) is 2.29. The summed E-state index contributed by atoms with van der Waals surface area (Å²) in [6, 6.07) is 0. The van der Waals surface area contributed by atoms with Gasteiger partial charge in [-0.2, -0.15) is 0 Å². The summed E-state index contributed by atoms with van der Waals surface area (Å²) in [5.74, 6) is 0. The second-order valence-electron chi connectivity index (χ2n) is 1.66. The molecule has 0 aromatic rings. The molecule has 1 heterocycles. The Bertz CT molecular complexity index is 202. The molecule has 0 saturated heterocycles. The number of aliphatic imine (C=N–C) groups is 1. The van der Waals surface area contributed by atoms with Crippen LogP contribution in [0.15, 0.2) is 16.3 Å². The highest BCUT2D eigenvalue weighted by molar-refractivity contribution is 6.32. The van der Waals surface area contributed by atoms with Crippen molar-refractivity contribution < 1.29 is 4.79 Å². The van der Waals surface area contributed by atoms with Crippen molar-refractivity contribution in [2.75, 3.05) is 0 Å². The van der Waals surface area contributed by atoms with E-state index in [4.69, 9.17) is 23.2 Å². The minimum Gasteiger partial charge on any atom is -0.296 e. The summed E-state index contributed by atoms with van der Waals surface area (Å²) in [6.07, 6.45) is 3.34. The number of amides is 1. The fourth-order valence-corrected chi connectivity index (χ4v) is 0.854. The van der Waals surface area contributed by atoms with E-state index >= 15 is 0 Å². The molecule has 0 aliphatic carbocycles. The van der Waals surface area contributed by atoms with Crippen LogP contribution in [0.2, 0.25) is 0 Å². The van der Waals surface area contributed by atoms with E-state index in [0.29, 0.717) is 6.41 Å². The highest BCUT2D eigenvalue weighted by Gasteiger charge is 2.12. The average molecular weight is 179 g/mol. The van der Waals surface area contributed by atoms with Gasteiger partial charge in [0, 0.05) is 12.4 Å². The topological polar surface area (TPSA) is 32.7 Å². The zero-order valence-electron chi connectivity index (χ0n) is 4.87. The molecule has 5 heteroatoms. The van der Waals surface area contributed by atoms with Crippen LogP contribution in [0.3, 0.4) is 0 Å². The summed E-state index contributed by atoms with van der Waals surface area (Å²) in [5, 5.41) is 0.254. The van der Waals surface area contributed by atoms with Gasteiger partial charge in [0.2, 0.25) is 6.41 Å². The van der Waals surface area contributed by atoms with E-state index in [1.165, 1.54) is 17.3 Å². The normalized spacial score (nSPS) is 24.4. The molecular formula is C5H4Cl2N2O. The smallest absolute Gasteiger partial charge is 0.215 e. The monoisotopic (exact) mass is 178 g/mol. The molecule has 0 aromatic heterocycles. The fourth-order valence-electron chi connectivity index (χ4n) is 0.526. The van der Waals surface area contributed by atoms with Gasteiger partial charge in [-0.25, -0.2) is 4.99 Å². The third kappa shape index (κ3) is 1.49. The van der Waals surface area contributed by atoms with Crippen LogP contribution in [0.1, 0.15) is 0 Å². The zero-order chi connectivity index (χ0) is 7.56. The Labute approximate surface area is 67.9 Å². The lowest BCUT2D eigenvalue weighted by Crippen LogP contribution is -2.28. The van der Waals surface area contributed by atoms with E-state index in [9.17, 15) is 4.79 Å². The summed E-state index contributed by atoms with van der Waals surface area (Å²) < 4.78 is 0.